The number of nitrogens with zero attached hydrogens (tertiary/aromatic N) is 2. The largest absolute Gasteiger partial charge is 0.361 e. The summed E-state index contributed by atoms with van der Waals surface area (Å²) in [4.78, 5) is 39.2. The highest BCUT2D eigenvalue weighted by molar-refractivity contribution is 9.10. The Morgan fingerprint density at radius 2 is 1.93 bits per heavy atom. The third kappa shape index (κ3) is 4.61. The molecule has 150 valence electrons. The Balaban J connectivity index is 1.79. The zero-order valence-electron chi connectivity index (χ0n) is 16.4. The van der Waals surface area contributed by atoms with Gasteiger partial charge in [0.15, 0.2) is 0 Å². The molecule has 0 bridgehead atoms. The molecule has 8 heteroatoms. The number of amides is 2. The van der Waals surface area contributed by atoms with Gasteiger partial charge in [-0.25, -0.2) is 0 Å². The van der Waals surface area contributed by atoms with Crippen LogP contribution in [0.25, 0.3) is 10.8 Å². The second-order valence-corrected chi connectivity index (χ2v) is 14.9. The summed E-state index contributed by atoms with van der Waals surface area (Å²) < 4.78 is 7.95. The van der Waals surface area contributed by atoms with Crippen molar-refractivity contribution < 1.29 is 14.3 Å². The average molecular weight is 465 g/mol. The molecule has 2 amide bonds. The number of likely N-dealkylation sites (tertiary alicyclic amines) is 1. The first kappa shape index (κ1) is 20.9. The van der Waals surface area contributed by atoms with Gasteiger partial charge in [-0.1, -0.05) is 35.6 Å². The molecule has 0 spiro atoms. The molecule has 3 rings (SSSR count). The van der Waals surface area contributed by atoms with E-state index in [4.69, 9.17) is 4.74 Å². The van der Waals surface area contributed by atoms with E-state index in [-0.39, 0.29) is 30.5 Å². The number of aromatic nitrogens is 1. The predicted octanol–water partition coefficient (Wildman–Crippen LogP) is 3.77. The Morgan fingerprint density at radius 3 is 2.64 bits per heavy atom. The fraction of sp³-hybridized carbons (Fsp3) is 0.450. The minimum absolute atomic E-state index is 0.0477. The third-order valence-corrected chi connectivity index (χ3v) is 7.13. The Morgan fingerprint density at radius 1 is 1.18 bits per heavy atom. The molecule has 0 aliphatic carbocycles. The highest BCUT2D eigenvalue weighted by atomic mass is 79.9. The fourth-order valence-electron chi connectivity index (χ4n) is 3.23. The van der Waals surface area contributed by atoms with Crippen LogP contribution in [-0.2, 0) is 14.3 Å². The van der Waals surface area contributed by atoms with Crippen molar-refractivity contribution in [3.8, 4) is 0 Å². The van der Waals surface area contributed by atoms with E-state index < -0.39 is 14.1 Å². The third-order valence-electron chi connectivity index (χ3n) is 4.93. The summed E-state index contributed by atoms with van der Waals surface area (Å²) in [6, 6.07) is 7.52. The highest BCUT2D eigenvalue weighted by Crippen LogP contribution is 2.24. The van der Waals surface area contributed by atoms with Crippen LogP contribution in [0.5, 0.6) is 0 Å². The van der Waals surface area contributed by atoms with Crippen LogP contribution in [-0.4, -0.2) is 42.7 Å². The molecule has 1 aliphatic heterocycles. The van der Waals surface area contributed by atoms with Crippen LogP contribution >= 0.6 is 15.9 Å². The van der Waals surface area contributed by atoms with Gasteiger partial charge in [0, 0.05) is 37.2 Å². The molecule has 1 unspecified atom stereocenters. The maximum Gasteiger partial charge on any atom is 0.259 e. The zero-order valence-corrected chi connectivity index (χ0v) is 19.0. The van der Waals surface area contributed by atoms with Gasteiger partial charge in [-0.2, -0.15) is 0 Å². The maximum absolute atomic E-state index is 12.9. The lowest BCUT2D eigenvalue weighted by Crippen LogP contribution is -2.48. The molecule has 2 heterocycles. The lowest BCUT2D eigenvalue weighted by atomic mass is 10.0. The first-order valence-corrected chi connectivity index (χ1v) is 13.9. The van der Waals surface area contributed by atoms with Crippen molar-refractivity contribution in [2.75, 3.05) is 13.3 Å². The number of halogens is 1. The number of benzene rings is 1. The number of hydrogen-bond acceptors (Lipinski definition) is 4. The second-order valence-electron chi connectivity index (χ2n) is 8.32. The van der Waals surface area contributed by atoms with Gasteiger partial charge in [0.2, 0.25) is 5.91 Å². The van der Waals surface area contributed by atoms with Crippen molar-refractivity contribution in [3.63, 3.8) is 0 Å². The van der Waals surface area contributed by atoms with E-state index in [2.05, 4.69) is 35.6 Å². The Labute approximate surface area is 173 Å². The van der Waals surface area contributed by atoms with Crippen molar-refractivity contribution in [3.05, 3.63) is 45.3 Å². The molecule has 1 atom stereocenters. The summed E-state index contributed by atoms with van der Waals surface area (Å²) in [5.41, 5.74) is -0.225. The number of rotatable bonds is 6. The summed E-state index contributed by atoms with van der Waals surface area (Å²) in [6.07, 6.45) is 2.18. The summed E-state index contributed by atoms with van der Waals surface area (Å²) in [5.74, 6) is -0.616. The summed E-state index contributed by atoms with van der Waals surface area (Å²) >= 11 is 3.40. The predicted molar refractivity (Wildman–Crippen MR) is 115 cm³/mol. The monoisotopic (exact) mass is 464 g/mol. The molecule has 0 radical (unpaired) electrons. The van der Waals surface area contributed by atoms with Gasteiger partial charge in [0.1, 0.15) is 12.8 Å². The van der Waals surface area contributed by atoms with E-state index in [1.54, 1.807) is 18.3 Å². The van der Waals surface area contributed by atoms with Crippen LogP contribution in [0.1, 0.15) is 18.9 Å². The molecule has 0 saturated carbocycles. The normalized spacial score (nSPS) is 18.1. The van der Waals surface area contributed by atoms with Crippen LogP contribution in [0.4, 0.5) is 0 Å². The first-order chi connectivity index (χ1) is 13.2. The van der Waals surface area contributed by atoms with Crippen molar-refractivity contribution in [1.82, 2.24) is 9.47 Å². The number of fused-ring (bicyclic) bond motifs is 1. The minimum atomic E-state index is -1.24. The number of carbonyl (C=O) groups excluding carboxylic acids is 2. The zero-order chi connectivity index (χ0) is 20.5. The molecule has 1 aliphatic rings. The molecule has 1 saturated heterocycles. The molecule has 1 aromatic heterocycles. The number of carbonyl (C=O) groups is 2. The topological polar surface area (TPSA) is 68.6 Å². The smallest absolute Gasteiger partial charge is 0.259 e. The number of piperidine rings is 1. The molecule has 0 N–H and O–H groups in total. The van der Waals surface area contributed by atoms with E-state index in [1.165, 1.54) is 4.57 Å². The number of hydrogen-bond donors (Lipinski definition) is 0. The van der Waals surface area contributed by atoms with Crippen molar-refractivity contribution >= 4 is 46.6 Å². The second kappa shape index (κ2) is 8.30. The van der Waals surface area contributed by atoms with Gasteiger partial charge >= 0.3 is 0 Å². The number of ether oxygens (including phenoxy) is 1. The fourth-order valence-corrected chi connectivity index (χ4v) is 4.36. The SMILES string of the molecule is C[Si](C)(C)CCOCN1C(=O)CCC(n2ccc3cc(Br)ccc3c2=O)C1=O. The maximum atomic E-state index is 12.9. The van der Waals surface area contributed by atoms with Gasteiger partial charge in [-0.15, -0.1) is 0 Å². The van der Waals surface area contributed by atoms with Crippen LogP contribution in [0.3, 0.4) is 0 Å². The quantitative estimate of drug-likeness (QED) is 0.370. The van der Waals surface area contributed by atoms with Gasteiger partial charge in [0.05, 0.1) is 0 Å². The molecule has 1 aromatic carbocycles. The van der Waals surface area contributed by atoms with E-state index in [1.807, 2.05) is 12.1 Å². The first-order valence-electron chi connectivity index (χ1n) is 9.40. The van der Waals surface area contributed by atoms with Gasteiger partial charge in [0.25, 0.3) is 11.5 Å². The molecule has 28 heavy (non-hydrogen) atoms. The molecular formula is C20H25BrN2O4Si. The minimum Gasteiger partial charge on any atom is -0.361 e. The standard InChI is InChI=1S/C20H25BrN2O4Si/c1-28(2,3)11-10-27-13-23-18(24)7-6-17(20(23)26)22-9-8-14-12-15(21)4-5-16(14)19(22)25/h4-5,8-9,12,17H,6-7,10-11,13H2,1-3H3. The van der Waals surface area contributed by atoms with Gasteiger partial charge in [-0.05, 0) is 42.1 Å². The molecule has 1 fully saturated rings. The molecule has 2 aromatic rings. The Bertz CT molecular complexity index is 967. The van der Waals surface area contributed by atoms with Crippen LogP contribution < -0.4 is 5.56 Å². The van der Waals surface area contributed by atoms with Crippen molar-refractivity contribution in [2.45, 2.75) is 44.6 Å². The van der Waals surface area contributed by atoms with E-state index in [0.717, 1.165) is 20.8 Å². The molecule has 6 nitrogen and oxygen atoms in total. The summed E-state index contributed by atoms with van der Waals surface area (Å²) in [6.45, 7) is 7.22. The van der Waals surface area contributed by atoms with Crippen molar-refractivity contribution in [2.24, 2.45) is 0 Å². The molecular weight excluding hydrogens is 440 g/mol. The number of pyridine rings is 1. The summed E-state index contributed by atoms with van der Waals surface area (Å²) in [5, 5.41) is 1.36. The Kier molecular flexibility index (Phi) is 6.21. The number of imide groups is 1. The van der Waals surface area contributed by atoms with Crippen LogP contribution in [0, 0.1) is 0 Å². The lowest BCUT2D eigenvalue weighted by molar-refractivity contribution is -0.157. The summed E-state index contributed by atoms with van der Waals surface area (Å²) in [7, 11) is -1.24. The Hall–Kier alpha value is -1.77. The van der Waals surface area contributed by atoms with E-state index in [9.17, 15) is 14.4 Å². The average Bonchev–Trinajstić information content (AvgIpc) is 2.61. The highest BCUT2D eigenvalue weighted by Gasteiger charge is 2.36. The van der Waals surface area contributed by atoms with Gasteiger partial charge in [-0.3, -0.25) is 19.3 Å². The van der Waals surface area contributed by atoms with Crippen LogP contribution in [0.15, 0.2) is 39.7 Å². The lowest BCUT2D eigenvalue weighted by Gasteiger charge is -2.31. The van der Waals surface area contributed by atoms with E-state index in [0.29, 0.717) is 18.4 Å². The van der Waals surface area contributed by atoms with E-state index >= 15 is 0 Å². The van der Waals surface area contributed by atoms with Crippen molar-refractivity contribution in [1.29, 1.82) is 0 Å². The van der Waals surface area contributed by atoms with Gasteiger partial charge < -0.3 is 9.30 Å². The van der Waals surface area contributed by atoms with Crippen LogP contribution in [0.2, 0.25) is 25.7 Å².